The largest absolute Gasteiger partial charge is 0.294 e. The Hall–Kier alpha value is -0.470. The fraction of sp³-hybridized carbons (Fsp3) is 0.500. The van der Waals surface area contributed by atoms with Crippen LogP contribution in [0, 0.1) is 6.92 Å². The minimum absolute atomic E-state index is 0.216. The first-order valence-corrected chi connectivity index (χ1v) is 7.53. The van der Waals surface area contributed by atoms with Gasteiger partial charge in [-0.25, -0.2) is 0 Å². The van der Waals surface area contributed by atoms with E-state index in [0.29, 0.717) is 12.3 Å². The van der Waals surface area contributed by atoms with Crippen LogP contribution in [0.25, 0.3) is 0 Å². The Morgan fingerprint density at radius 2 is 2.18 bits per heavy atom. The summed E-state index contributed by atoms with van der Waals surface area (Å²) in [6.07, 6.45) is 2.42. The fourth-order valence-electron chi connectivity index (χ4n) is 1.56. The molecule has 3 heteroatoms. The second-order valence-electron chi connectivity index (χ2n) is 4.06. The fourth-order valence-corrected chi connectivity index (χ4v) is 2.61. The van der Waals surface area contributed by atoms with Crippen molar-refractivity contribution in [2.75, 3.05) is 11.6 Å². The second-order valence-corrected chi connectivity index (χ2v) is 5.58. The van der Waals surface area contributed by atoms with Crippen LogP contribution in [0.15, 0.2) is 23.1 Å². The van der Waals surface area contributed by atoms with Crippen LogP contribution >= 0.6 is 23.4 Å². The van der Waals surface area contributed by atoms with Gasteiger partial charge in [-0.1, -0.05) is 18.6 Å². The number of aryl methyl sites for hydroxylation is 1. The maximum atomic E-state index is 12.1. The standard InChI is InChI=1S/C14H19ClOS/c1-3-9-17-14-7-6-11(2)10-12(14)13(16)5-4-8-15/h6-7,10H,3-5,8-9H2,1-2H3. The molecule has 17 heavy (non-hydrogen) atoms. The van der Waals surface area contributed by atoms with Crippen LogP contribution in [0.5, 0.6) is 0 Å². The highest BCUT2D eigenvalue weighted by atomic mass is 35.5. The molecule has 0 aromatic heterocycles. The summed E-state index contributed by atoms with van der Waals surface area (Å²) in [7, 11) is 0. The lowest BCUT2D eigenvalue weighted by Gasteiger charge is -2.08. The molecule has 0 N–H and O–H groups in total. The Labute approximate surface area is 113 Å². The van der Waals surface area contributed by atoms with Crippen LogP contribution in [-0.4, -0.2) is 17.4 Å². The molecule has 0 unspecified atom stereocenters. The van der Waals surface area contributed by atoms with Gasteiger partial charge in [-0.05, 0) is 37.7 Å². The molecule has 0 heterocycles. The van der Waals surface area contributed by atoms with Gasteiger partial charge in [0, 0.05) is 22.8 Å². The van der Waals surface area contributed by atoms with E-state index in [4.69, 9.17) is 11.6 Å². The van der Waals surface area contributed by atoms with E-state index in [9.17, 15) is 4.79 Å². The zero-order chi connectivity index (χ0) is 12.7. The molecule has 1 aromatic rings. The van der Waals surface area contributed by atoms with Crippen molar-refractivity contribution in [3.63, 3.8) is 0 Å². The minimum Gasteiger partial charge on any atom is -0.294 e. The normalized spacial score (nSPS) is 10.5. The number of hydrogen-bond donors (Lipinski definition) is 0. The van der Waals surface area contributed by atoms with Crippen LogP contribution < -0.4 is 0 Å². The average Bonchev–Trinajstić information content (AvgIpc) is 2.34. The van der Waals surface area contributed by atoms with Crippen molar-refractivity contribution in [2.24, 2.45) is 0 Å². The number of ketones is 1. The third kappa shape index (κ3) is 4.72. The molecule has 0 aliphatic heterocycles. The number of alkyl halides is 1. The van der Waals surface area contributed by atoms with Crippen LogP contribution in [-0.2, 0) is 0 Å². The quantitative estimate of drug-likeness (QED) is 0.406. The highest BCUT2D eigenvalue weighted by Crippen LogP contribution is 2.26. The van der Waals surface area contributed by atoms with Crippen molar-refractivity contribution in [1.29, 1.82) is 0 Å². The summed E-state index contributed by atoms with van der Waals surface area (Å²) in [6.45, 7) is 4.17. The molecule has 0 aliphatic carbocycles. The number of thioether (sulfide) groups is 1. The Morgan fingerprint density at radius 3 is 2.82 bits per heavy atom. The highest BCUT2D eigenvalue weighted by molar-refractivity contribution is 7.99. The van der Waals surface area contributed by atoms with E-state index < -0.39 is 0 Å². The summed E-state index contributed by atoms with van der Waals surface area (Å²) >= 11 is 7.39. The van der Waals surface area contributed by atoms with E-state index in [1.54, 1.807) is 11.8 Å². The molecule has 0 saturated heterocycles. The molecule has 0 bridgehead atoms. The van der Waals surface area contributed by atoms with Gasteiger partial charge in [0.2, 0.25) is 0 Å². The number of hydrogen-bond acceptors (Lipinski definition) is 2. The highest BCUT2D eigenvalue weighted by Gasteiger charge is 2.11. The van der Waals surface area contributed by atoms with Gasteiger partial charge in [0.05, 0.1) is 0 Å². The van der Waals surface area contributed by atoms with Gasteiger partial charge in [0.1, 0.15) is 0 Å². The van der Waals surface area contributed by atoms with Crippen LogP contribution in [0.2, 0.25) is 0 Å². The molecule has 0 fully saturated rings. The summed E-state index contributed by atoms with van der Waals surface area (Å²) in [5, 5.41) is 0. The maximum absolute atomic E-state index is 12.1. The SMILES string of the molecule is CCCSc1ccc(C)cc1C(=O)CCCCl. The molecule has 0 spiro atoms. The van der Waals surface area contributed by atoms with Gasteiger partial charge in [0.15, 0.2) is 5.78 Å². The number of carbonyl (C=O) groups excluding carboxylic acids is 1. The van der Waals surface area contributed by atoms with E-state index in [0.717, 1.165) is 34.6 Å². The molecular formula is C14H19ClOS. The zero-order valence-electron chi connectivity index (χ0n) is 10.5. The van der Waals surface area contributed by atoms with Gasteiger partial charge < -0.3 is 0 Å². The first-order chi connectivity index (χ1) is 8.19. The van der Waals surface area contributed by atoms with Crippen molar-refractivity contribution in [1.82, 2.24) is 0 Å². The number of rotatable bonds is 7. The molecule has 94 valence electrons. The van der Waals surface area contributed by atoms with Crippen molar-refractivity contribution in [2.45, 2.75) is 38.0 Å². The monoisotopic (exact) mass is 270 g/mol. The van der Waals surface area contributed by atoms with Gasteiger partial charge in [-0.3, -0.25) is 4.79 Å². The maximum Gasteiger partial charge on any atom is 0.164 e. The van der Waals surface area contributed by atoms with Crippen molar-refractivity contribution in [3.8, 4) is 0 Å². The van der Waals surface area contributed by atoms with Crippen LogP contribution in [0.1, 0.15) is 42.1 Å². The molecular weight excluding hydrogens is 252 g/mol. The topological polar surface area (TPSA) is 17.1 Å². The van der Waals surface area contributed by atoms with Gasteiger partial charge in [0.25, 0.3) is 0 Å². The van der Waals surface area contributed by atoms with Crippen molar-refractivity contribution >= 4 is 29.1 Å². The summed E-state index contributed by atoms with van der Waals surface area (Å²) in [5.41, 5.74) is 2.01. The molecule has 0 atom stereocenters. The first-order valence-electron chi connectivity index (χ1n) is 6.01. The van der Waals surface area contributed by atoms with E-state index >= 15 is 0 Å². The predicted molar refractivity (Wildman–Crippen MR) is 76.5 cm³/mol. The minimum atomic E-state index is 0.216. The van der Waals surface area contributed by atoms with Crippen molar-refractivity contribution < 1.29 is 4.79 Å². The van der Waals surface area contributed by atoms with Gasteiger partial charge >= 0.3 is 0 Å². The summed E-state index contributed by atoms with van der Waals surface area (Å²) in [5.74, 6) is 1.82. The number of halogens is 1. The summed E-state index contributed by atoms with van der Waals surface area (Å²) in [6, 6.07) is 6.12. The van der Waals surface area contributed by atoms with Crippen molar-refractivity contribution in [3.05, 3.63) is 29.3 Å². The molecule has 1 aromatic carbocycles. The Bertz CT molecular complexity index is 376. The van der Waals surface area contributed by atoms with E-state index in [2.05, 4.69) is 19.1 Å². The smallest absolute Gasteiger partial charge is 0.164 e. The molecule has 0 radical (unpaired) electrons. The zero-order valence-corrected chi connectivity index (χ0v) is 12.0. The third-order valence-corrected chi connectivity index (χ3v) is 3.98. The molecule has 0 aliphatic rings. The number of benzene rings is 1. The predicted octanol–water partition coefficient (Wildman–Crippen LogP) is 4.70. The molecule has 0 saturated carbocycles. The van der Waals surface area contributed by atoms with Crippen LogP contribution in [0.3, 0.4) is 0 Å². The number of carbonyl (C=O) groups is 1. The molecule has 1 nitrogen and oxygen atoms in total. The lowest BCUT2D eigenvalue weighted by molar-refractivity contribution is 0.0979. The molecule has 1 rings (SSSR count). The second kappa shape index (κ2) is 7.78. The summed E-state index contributed by atoms with van der Waals surface area (Å²) < 4.78 is 0. The average molecular weight is 271 g/mol. The van der Waals surface area contributed by atoms with Crippen LogP contribution in [0.4, 0.5) is 0 Å². The third-order valence-electron chi connectivity index (χ3n) is 2.43. The van der Waals surface area contributed by atoms with Gasteiger partial charge in [-0.2, -0.15) is 0 Å². The summed E-state index contributed by atoms with van der Waals surface area (Å²) in [4.78, 5) is 13.2. The first kappa shape index (κ1) is 14.6. The van der Waals surface area contributed by atoms with E-state index in [-0.39, 0.29) is 5.78 Å². The Kier molecular flexibility index (Phi) is 6.68. The van der Waals surface area contributed by atoms with E-state index in [1.807, 2.05) is 13.0 Å². The molecule has 0 amide bonds. The Balaban J connectivity index is 2.85. The Morgan fingerprint density at radius 1 is 1.41 bits per heavy atom. The lowest BCUT2D eigenvalue weighted by atomic mass is 10.0. The van der Waals surface area contributed by atoms with E-state index in [1.165, 1.54) is 0 Å². The lowest BCUT2D eigenvalue weighted by Crippen LogP contribution is -2.02. The number of Topliss-reactive ketones (excluding diaryl/α,β-unsaturated/α-hetero) is 1. The van der Waals surface area contributed by atoms with Gasteiger partial charge in [-0.15, -0.1) is 23.4 Å².